The average molecular weight is 469 g/mol. The highest BCUT2D eigenvalue weighted by Gasteiger charge is 2.30. The number of aromatic nitrogens is 1. The van der Waals surface area contributed by atoms with Crippen molar-refractivity contribution >= 4 is 17.6 Å². The van der Waals surface area contributed by atoms with Gasteiger partial charge < -0.3 is 15.4 Å². The summed E-state index contributed by atoms with van der Waals surface area (Å²) in [6.07, 6.45) is 6.30. The van der Waals surface area contributed by atoms with E-state index in [0.29, 0.717) is 5.92 Å². The van der Waals surface area contributed by atoms with Gasteiger partial charge in [-0.25, -0.2) is 9.37 Å². The molecule has 1 fully saturated rings. The predicted molar refractivity (Wildman–Crippen MR) is 125 cm³/mol. The van der Waals surface area contributed by atoms with E-state index in [0.717, 1.165) is 62.6 Å². The highest BCUT2D eigenvalue weighted by Crippen LogP contribution is 2.34. The molecule has 2 aliphatic rings. The van der Waals surface area contributed by atoms with Crippen molar-refractivity contribution in [1.82, 2.24) is 10.3 Å². The van der Waals surface area contributed by atoms with Crippen LogP contribution < -0.4 is 10.6 Å². The van der Waals surface area contributed by atoms with Crippen LogP contribution in [0.3, 0.4) is 0 Å². The fourth-order valence-electron chi connectivity index (χ4n) is 4.45. The standard InChI is InChI=1S/C25H29FN4O4/c26-19-5-1-3-18(15-19)24(31)29-22(25(32)30-33)10-12-34-21-13-16(14-21)6-8-20-9-7-17-4-2-11-27-23(17)28-20/h1,3,5,7,9,15-16,21-22H,2,4,6,8,10-14H2,(H,27,28)(H,29,31)/t16-,21-,22?. The van der Waals surface area contributed by atoms with Gasteiger partial charge in [0.25, 0.3) is 5.91 Å². The van der Waals surface area contributed by atoms with Crippen molar-refractivity contribution < 1.29 is 18.7 Å². The fourth-order valence-corrected chi connectivity index (χ4v) is 4.45. The second-order valence-corrected chi connectivity index (χ2v) is 8.96. The molecule has 2 aromatic rings. The number of pyridine rings is 1. The lowest BCUT2D eigenvalue weighted by atomic mass is 9.79. The van der Waals surface area contributed by atoms with Gasteiger partial charge in [-0.15, -0.1) is 4.91 Å². The molecule has 2 heterocycles. The molecule has 9 heteroatoms. The molecular formula is C25H29FN4O4. The van der Waals surface area contributed by atoms with Crippen LogP contribution in [-0.2, 0) is 22.4 Å². The van der Waals surface area contributed by atoms with Crippen LogP contribution in [0.25, 0.3) is 0 Å². The summed E-state index contributed by atoms with van der Waals surface area (Å²) in [6.45, 7) is 1.19. The van der Waals surface area contributed by atoms with Gasteiger partial charge in [-0.2, -0.15) is 0 Å². The lowest BCUT2D eigenvalue weighted by molar-refractivity contribution is -0.120. The Balaban J connectivity index is 1.17. The molecule has 1 aromatic heterocycles. The first-order chi connectivity index (χ1) is 16.5. The Hall–Kier alpha value is -3.20. The molecule has 8 nitrogen and oxygen atoms in total. The van der Waals surface area contributed by atoms with Crippen LogP contribution >= 0.6 is 0 Å². The number of hydrogen-bond donors (Lipinski definition) is 2. The lowest BCUT2D eigenvalue weighted by Crippen LogP contribution is -2.41. The smallest absolute Gasteiger partial charge is 0.308 e. The van der Waals surface area contributed by atoms with Crippen molar-refractivity contribution in [2.75, 3.05) is 18.5 Å². The number of benzene rings is 1. The van der Waals surface area contributed by atoms with Crippen molar-refractivity contribution in [3.05, 3.63) is 63.9 Å². The highest BCUT2D eigenvalue weighted by molar-refractivity contribution is 5.97. The van der Waals surface area contributed by atoms with E-state index in [4.69, 9.17) is 9.72 Å². The minimum absolute atomic E-state index is 0.0654. The summed E-state index contributed by atoms with van der Waals surface area (Å²) < 4.78 is 19.2. The minimum atomic E-state index is -1.10. The summed E-state index contributed by atoms with van der Waals surface area (Å²) in [5.41, 5.74) is 2.46. The van der Waals surface area contributed by atoms with Gasteiger partial charge in [-0.3, -0.25) is 9.59 Å². The maximum Gasteiger partial charge on any atom is 0.308 e. The zero-order valence-electron chi connectivity index (χ0n) is 19.0. The van der Waals surface area contributed by atoms with Crippen LogP contribution in [0.1, 0.15) is 53.7 Å². The van der Waals surface area contributed by atoms with Crippen LogP contribution in [0.4, 0.5) is 10.2 Å². The van der Waals surface area contributed by atoms with Crippen LogP contribution in [0.15, 0.2) is 41.6 Å². The van der Waals surface area contributed by atoms with Gasteiger partial charge in [-0.1, -0.05) is 12.1 Å². The number of carbonyl (C=O) groups is 2. The summed E-state index contributed by atoms with van der Waals surface area (Å²) in [5, 5.41) is 8.25. The highest BCUT2D eigenvalue weighted by atomic mass is 19.1. The number of amides is 2. The molecule has 180 valence electrons. The Kier molecular flexibility index (Phi) is 7.95. The summed E-state index contributed by atoms with van der Waals surface area (Å²) in [5.74, 6) is -0.594. The molecule has 0 radical (unpaired) electrons. The van der Waals surface area contributed by atoms with E-state index >= 15 is 0 Å². The molecule has 0 saturated heterocycles. The summed E-state index contributed by atoms with van der Waals surface area (Å²) >= 11 is 0. The van der Waals surface area contributed by atoms with E-state index in [1.54, 1.807) is 0 Å². The van der Waals surface area contributed by atoms with E-state index in [1.807, 2.05) is 0 Å². The third-order valence-corrected chi connectivity index (χ3v) is 6.49. The second kappa shape index (κ2) is 11.3. The van der Waals surface area contributed by atoms with Gasteiger partial charge in [0.2, 0.25) is 0 Å². The molecule has 1 aliphatic carbocycles. The van der Waals surface area contributed by atoms with E-state index in [2.05, 4.69) is 27.9 Å². The number of nitroso groups, excluding NO2 is 1. The minimum Gasteiger partial charge on any atom is -0.378 e. The first kappa shape index (κ1) is 23.9. The second-order valence-electron chi connectivity index (χ2n) is 8.96. The predicted octanol–water partition coefficient (Wildman–Crippen LogP) is 3.79. The van der Waals surface area contributed by atoms with Crippen molar-refractivity contribution in [3.8, 4) is 0 Å². The van der Waals surface area contributed by atoms with Gasteiger partial charge in [0.05, 0.1) is 6.10 Å². The number of anilines is 1. The SMILES string of the molecule is O=NC(=O)C(CCO[C@H]1C[C@H](CCc2ccc3c(n2)NCCC3)C1)NC(=O)c1cccc(F)c1. The number of aryl methyl sites for hydroxylation is 2. The number of fused-ring (bicyclic) bond motifs is 1. The Morgan fingerprint density at radius 2 is 2.12 bits per heavy atom. The Labute approximate surface area is 197 Å². The van der Waals surface area contributed by atoms with Gasteiger partial charge >= 0.3 is 5.91 Å². The molecular weight excluding hydrogens is 439 g/mol. The third-order valence-electron chi connectivity index (χ3n) is 6.49. The number of halogens is 1. The first-order valence-corrected chi connectivity index (χ1v) is 11.8. The van der Waals surface area contributed by atoms with Gasteiger partial charge in [-0.05, 0) is 74.3 Å². The maximum atomic E-state index is 13.3. The number of carbonyl (C=O) groups excluding carboxylic acids is 2. The third kappa shape index (κ3) is 6.22. The fraction of sp³-hybridized carbons (Fsp3) is 0.480. The molecule has 2 N–H and O–H groups in total. The van der Waals surface area contributed by atoms with Crippen molar-refractivity contribution in [2.24, 2.45) is 11.1 Å². The number of nitrogens with zero attached hydrogens (tertiary/aromatic N) is 2. The summed E-state index contributed by atoms with van der Waals surface area (Å²) in [6, 6.07) is 8.29. The molecule has 0 spiro atoms. The van der Waals surface area contributed by atoms with Crippen LogP contribution in [0, 0.1) is 16.6 Å². The molecule has 1 aliphatic heterocycles. The molecule has 1 atom stereocenters. The zero-order valence-corrected chi connectivity index (χ0v) is 19.0. The molecule has 4 rings (SSSR count). The van der Waals surface area contributed by atoms with E-state index in [1.165, 1.54) is 23.8 Å². The quantitative estimate of drug-likeness (QED) is 0.514. The molecule has 2 amide bonds. The van der Waals surface area contributed by atoms with E-state index in [-0.39, 0.29) is 24.7 Å². The number of nitrogens with one attached hydrogen (secondary N) is 2. The monoisotopic (exact) mass is 468 g/mol. The molecule has 0 bridgehead atoms. The normalized spacial score (nSPS) is 19.8. The van der Waals surface area contributed by atoms with E-state index < -0.39 is 23.7 Å². The van der Waals surface area contributed by atoms with Crippen LogP contribution in [-0.4, -0.2) is 42.1 Å². The molecule has 1 aromatic carbocycles. The van der Waals surface area contributed by atoms with Gasteiger partial charge in [0, 0.05) is 36.0 Å². The molecule has 34 heavy (non-hydrogen) atoms. The Morgan fingerprint density at radius 1 is 1.26 bits per heavy atom. The Morgan fingerprint density at radius 3 is 2.91 bits per heavy atom. The van der Waals surface area contributed by atoms with Crippen LogP contribution in [0.5, 0.6) is 0 Å². The summed E-state index contributed by atoms with van der Waals surface area (Å²) in [7, 11) is 0. The summed E-state index contributed by atoms with van der Waals surface area (Å²) in [4.78, 5) is 39.6. The molecule has 1 unspecified atom stereocenters. The van der Waals surface area contributed by atoms with E-state index in [9.17, 15) is 18.9 Å². The first-order valence-electron chi connectivity index (χ1n) is 11.8. The molecule has 1 saturated carbocycles. The number of rotatable bonds is 10. The van der Waals surface area contributed by atoms with Gasteiger partial charge in [0.15, 0.2) is 0 Å². The van der Waals surface area contributed by atoms with Crippen LogP contribution in [0.2, 0.25) is 0 Å². The lowest BCUT2D eigenvalue weighted by Gasteiger charge is -2.35. The Bertz CT molecular complexity index is 1040. The van der Waals surface area contributed by atoms with Crippen molar-refractivity contribution in [2.45, 2.75) is 57.1 Å². The average Bonchev–Trinajstić information content (AvgIpc) is 2.83. The van der Waals surface area contributed by atoms with Gasteiger partial charge in [0.1, 0.15) is 17.7 Å². The number of ether oxygens (including phenoxy) is 1. The topological polar surface area (TPSA) is 110 Å². The number of hydrogen-bond acceptors (Lipinski definition) is 6. The van der Waals surface area contributed by atoms with Crippen molar-refractivity contribution in [1.29, 1.82) is 0 Å². The van der Waals surface area contributed by atoms with Crippen molar-refractivity contribution in [3.63, 3.8) is 0 Å². The largest absolute Gasteiger partial charge is 0.378 e. The zero-order chi connectivity index (χ0) is 23.9. The maximum absolute atomic E-state index is 13.3.